The summed E-state index contributed by atoms with van der Waals surface area (Å²) in [7, 11) is 1.97. The molecule has 0 saturated carbocycles. The second kappa shape index (κ2) is 3.79. The highest BCUT2D eigenvalue weighted by Gasteiger charge is 2.07. The third-order valence-electron chi connectivity index (χ3n) is 1.88. The number of hydrogen-bond donors (Lipinski definition) is 1. The standard InChI is InChI=1S/C9H12N4S/c1-3-10-9-12-7(6-14-9)8-11-4-5-13(8)2/h4-6H,3H2,1-2H3,(H,10,12). The van der Waals surface area contributed by atoms with Gasteiger partial charge in [0.25, 0.3) is 0 Å². The SMILES string of the molecule is CCNc1nc(-c2nccn2C)cs1. The largest absolute Gasteiger partial charge is 0.362 e. The van der Waals surface area contributed by atoms with Gasteiger partial charge >= 0.3 is 0 Å². The molecule has 0 aliphatic carbocycles. The molecule has 0 fully saturated rings. The summed E-state index contributed by atoms with van der Waals surface area (Å²) in [6.45, 7) is 2.95. The summed E-state index contributed by atoms with van der Waals surface area (Å²) in [6, 6.07) is 0. The molecule has 1 N–H and O–H groups in total. The van der Waals surface area contributed by atoms with Crippen LogP contribution in [0.15, 0.2) is 17.8 Å². The molecule has 0 saturated heterocycles. The lowest BCUT2D eigenvalue weighted by Crippen LogP contribution is -1.96. The Morgan fingerprint density at radius 3 is 3.07 bits per heavy atom. The van der Waals surface area contributed by atoms with Crippen LogP contribution in [0.4, 0.5) is 5.13 Å². The Kier molecular flexibility index (Phi) is 2.49. The number of hydrogen-bond acceptors (Lipinski definition) is 4. The number of aromatic nitrogens is 3. The van der Waals surface area contributed by atoms with Gasteiger partial charge in [-0.05, 0) is 6.92 Å². The van der Waals surface area contributed by atoms with Gasteiger partial charge in [-0.25, -0.2) is 9.97 Å². The molecule has 0 aliphatic rings. The van der Waals surface area contributed by atoms with Crippen LogP contribution in [0.3, 0.4) is 0 Å². The zero-order valence-electron chi connectivity index (χ0n) is 8.19. The minimum atomic E-state index is 0.896. The van der Waals surface area contributed by atoms with Gasteiger partial charge in [0, 0.05) is 31.4 Å². The Morgan fingerprint density at radius 1 is 1.57 bits per heavy atom. The van der Waals surface area contributed by atoms with Crippen molar-refractivity contribution in [1.29, 1.82) is 0 Å². The van der Waals surface area contributed by atoms with Gasteiger partial charge in [-0.1, -0.05) is 0 Å². The normalized spacial score (nSPS) is 10.4. The highest BCUT2D eigenvalue weighted by molar-refractivity contribution is 7.14. The summed E-state index contributed by atoms with van der Waals surface area (Å²) in [4.78, 5) is 8.67. The maximum absolute atomic E-state index is 4.43. The van der Waals surface area contributed by atoms with Crippen LogP contribution in [0.25, 0.3) is 11.5 Å². The summed E-state index contributed by atoms with van der Waals surface area (Å²) in [6.07, 6.45) is 3.70. The van der Waals surface area contributed by atoms with E-state index in [1.54, 1.807) is 17.5 Å². The molecule has 0 bridgehead atoms. The second-order valence-corrected chi connectivity index (χ2v) is 3.79. The Bertz CT molecular complexity index is 418. The zero-order valence-corrected chi connectivity index (χ0v) is 9.01. The lowest BCUT2D eigenvalue weighted by molar-refractivity contribution is 0.919. The monoisotopic (exact) mass is 208 g/mol. The van der Waals surface area contributed by atoms with E-state index in [1.165, 1.54) is 0 Å². The number of thiazole rings is 1. The van der Waals surface area contributed by atoms with Crippen LogP contribution in [0.1, 0.15) is 6.92 Å². The van der Waals surface area contributed by atoms with E-state index < -0.39 is 0 Å². The van der Waals surface area contributed by atoms with Crippen molar-refractivity contribution in [3.63, 3.8) is 0 Å². The van der Waals surface area contributed by atoms with Gasteiger partial charge in [-0.3, -0.25) is 0 Å². The van der Waals surface area contributed by atoms with Crippen LogP contribution in [-0.2, 0) is 7.05 Å². The van der Waals surface area contributed by atoms with Gasteiger partial charge in [0.15, 0.2) is 11.0 Å². The van der Waals surface area contributed by atoms with E-state index >= 15 is 0 Å². The average molecular weight is 208 g/mol. The van der Waals surface area contributed by atoms with Crippen molar-refractivity contribution in [1.82, 2.24) is 14.5 Å². The molecule has 74 valence electrons. The van der Waals surface area contributed by atoms with Crippen molar-refractivity contribution in [2.24, 2.45) is 7.05 Å². The topological polar surface area (TPSA) is 42.7 Å². The van der Waals surface area contributed by atoms with Gasteiger partial charge in [0.05, 0.1) is 0 Å². The fourth-order valence-corrected chi connectivity index (χ4v) is 1.98. The van der Waals surface area contributed by atoms with E-state index in [0.717, 1.165) is 23.2 Å². The van der Waals surface area contributed by atoms with Gasteiger partial charge in [-0.15, -0.1) is 11.3 Å². The van der Waals surface area contributed by atoms with Gasteiger partial charge in [0.2, 0.25) is 0 Å². The minimum Gasteiger partial charge on any atom is -0.362 e. The Labute approximate surface area is 86.6 Å². The first-order valence-electron chi connectivity index (χ1n) is 4.48. The maximum atomic E-state index is 4.43. The van der Waals surface area contributed by atoms with Crippen LogP contribution in [0, 0.1) is 0 Å². The first kappa shape index (κ1) is 9.21. The quantitative estimate of drug-likeness (QED) is 0.838. The zero-order chi connectivity index (χ0) is 9.97. The molecule has 14 heavy (non-hydrogen) atoms. The van der Waals surface area contributed by atoms with E-state index in [0.29, 0.717) is 0 Å². The molecule has 0 atom stereocenters. The number of anilines is 1. The molecule has 2 aromatic heterocycles. The summed E-state index contributed by atoms with van der Waals surface area (Å²) < 4.78 is 1.96. The third-order valence-corrected chi connectivity index (χ3v) is 2.68. The molecule has 0 aliphatic heterocycles. The predicted molar refractivity (Wildman–Crippen MR) is 58.5 cm³/mol. The van der Waals surface area contributed by atoms with E-state index in [-0.39, 0.29) is 0 Å². The maximum Gasteiger partial charge on any atom is 0.183 e. The van der Waals surface area contributed by atoms with Crippen molar-refractivity contribution in [3.05, 3.63) is 17.8 Å². The highest BCUT2D eigenvalue weighted by Crippen LogP contribution is 2.22. The Morgan fingerprint density at radius 2 is 2.43 bits per heavy atom. The molecule has 0 amide bonds. The van der Waals surface area contributed by atoms with Crippen LogP contribution < -0.4 is 5.32 Å². The van der Waals surface area contributed by atoms with Gasteiger partial charge in [-0.2, -0.15) is 0 Å². The first-order valence-corrected chi connectivity index (χ1v) is 5.36. The van der Waals surface area contributed by atoms with Crippen LogP contribution >= 0.6 is 11.3 Å². The number of rotatable bonds is 3. The molecule has 5 heteroatoms. The lowest BCUT2D eigenvalue weighted by atomic mass is 10.5. The van der Waals surface area contributed by atoms with E-state index in [4.69, 9.17) is 0 Å². The van der Waals surface area contributed by atoms with Crippen molar-refractivity contribution < 1.29 is 0 Å². The first-order chi connectivity index (χ1) is 6.81. The van der Waals surface area contributed by atoms with Gasteiger partial charge < -0.3 is 9.88 Å². The average Bonchev–Trinajstić information content (AvgIpc) is 2.74. The molecule has 4 nitrogen and oxygen atoms in total. The fourth-order valence-electron chi connectivity index (χ4n) is 1.22. The molecular weight excluding hydrogens is 196 g/mol. The van der Waals surface area contributed by atoms with E-state index in [2.05, 4.69) is 22.2 Å². The lowest BCUT2D eigenvalue weighted by Gasteiger charge is -1.96. The van der Waals surface area contributed by atoms with Crippen molar-refractivity contribution in [2.45, 2.75) is 6.92 Å². The molecule has 2 aromatic rings. The molecule has 0 aromatic carbocycles. The number of aryl methyl sites for hydroxylation is 1. The van der Waals surface area contributed by atoms with Crippen LogP contribution in [0.2, 0.25) is 0 Å². The summed E-state index contributed by atoms with van der Waals surface area (Å²) in [5, 5.41) is 6.14. The number of nitrogens with one attached hydrogen (secondary N) is 1. The van der Waals surface area contributed by atoms with Gasteiger partial charge in [0.1, 0.15) is 5.69 Å². The predicted octanol–water partition coefficient (Wildman–Crippen LogP) is 1.98. The van der Waals surface area contributed by atoms with E-state index in [1.807, 2.05) is 23.2 Å². The second-order valence-electron chi connectivity index (χ2n) is 2.93. The Balaban J connectivity index is 2.29. The third kappa shape index (κ3) is 1.63. The summed E-state index contributed by atoms with van der Waals surface area (Å²) in [5.74, 6) is 0.908. The molecule has 2 heterocycles. The fraction of sp³-hybridized carbons (Fsp3) is 0.333. The number of imidazole rings is 1. The molecule has 2 rings (SSSR count). The molecular formula is C9H12N4S. The molecule has 0 radical (unpaired) electrons. The van der Waals surface area contributed by atoms with Crippen molar-refractivity contribution in [2.75, 3.05) is 11.9 Å². The van der Waals surface area contributed by atoms with Crippen molar-refractivity contribution in [3.8, 4) is 11.5 Å². The molecule has 0 spiro atoms. The minimum absolute atomic E-state index is 0.896. The summed E-state index contributed by atoms with van der Waals surface area (Å²) in [5.41, 5.74) is 0.929. The van der Waals surface area contributed by atoms with E-state index in [9.17, 15) is 0 Å². The highest BCUT2D eigenvalue weighted by atomic mass is 32.1. The van der Waals surface area contributed by atoms with Crippen LogP contribution in [0.5, 0.6) is 0 Å². The summed E-state index contributed by atoms with van der Waals surface area (Å²) >= 11 is 1.61. The molecule has 0 unspecified atom stereocenters. The van der Waals surface area contributed by atoms with Crippen molar-refractivity contribution >= 4 is 16.5 Å². The van der Waals surface area contributed by atoms with Crippen LogP contribution in [-0.4, -0.2) is 21.1 Å². The smallest absolute Gasteiger partial charge is 0.183 e. The number of nitrogens with zero attached hydrogens (tertiary/aromatic N) is 3. The Hall–Kier alpha value is -1.36.